The standard InChI is InChI=1S/C15H23N3/c1-4-9-18(12(2)3)15-7-8-16-14(10-15)11-17-13-5-6-13/h4,7-8,10,12-13,17H,1,5-6,9,11H2,2-3H3. The van der Waals surface area contributed by atoms with Crippen LogP contribution in [0.3, 0.4) is 0 Å². The Morgan fingerprint density at radius 1 is 1.56 bits per heavy atom. The molecule has 0 aliphatic heterocycles. The van der Waals surface area contributed by atoms with E-state index in [0.29, 0.717) is 6.04 Å². The number of hydrogen-bond donors (Lipinski definition) is 1. The molecule has 98 valence electrons. The molecular formula is C15H23N3. The van der Waals surface area contributed by atoms with E-state index in [0.717, 1.165) is 24.8 Å². The van der Waals surface area contributed by atoms with Gasteiger partial charge in [-0.2, -0.15) is 0 Å². The van der Waals surface area contributed by atoms with E-state index in [-0.39, 0.29) is 0 Å². The summed E-state index contributed by atoms with van der Waals surface area (Å²) < 4.78 is 0. The van der Waals surface area contributed by atoms with Crippen molar-refractivity contribution in [2.24, 2.45) is 0 Å². The third kappa shape index (κ3) is 3.57. The van der Waals surface area contributed by atoms with Crippen molar-refractivity contribution in [3.63, 3.8) is 0 Å². The van der Waals surface area contributed by atoms with E-state index in [1.807, 2.05) is 12.3 Å². The number of anilines is 1. The van der Waals surface area contributed by atoms with Gasteiger partial charge < -0.3 is 10.2 Å². The summed E-state index contributed by atoms with van der Waals surface area (Å²) in [5, 5.41) is 3.50. The average Bonchev–Trinajstić information content (AvgIpc) is 3.17. The molecule has 1 aliphatic rings. The maximum Gasteiger partial charge on any atom is 0.0562 e. The van der Waals surface area contributed by atoms with Crippen molar-refractivity contribution in [2.45, 2.75) is 45.3 Å². The van der Waals surface area contributed by atoms with Gasteiger partial charge in [0.25, 0.3) is 0 Å². The van der Waals surface area contributed by atoms with Gasteiger partial charge in [-0.25, -0.2) is 0 Å². The summed E-state index contributed by atoms with van der Waals surface area (Å²) in [5.74, 6) is 0. The molecule has 2 rings (SSSR count). The summed E-state index contributed by atoms with van der Waals surface area (Å²) >= 11 is 0. The topological polar surface area (TPSA) is 28.2 Å². The van der Waals surface area contributed by atoms with Crippen LogP contribution >= 0.6 is 0 Å². The molecule has 18 heavy (non-hydrogen) atoms. The lowest BCUT2D eigenvalue weighted by Gasteiger charge is -2.28. The molecule has 3 heteroatoms. The Morgan fingerprint density at radius 3 is 2.94 bits per heavy atom. The molecule has 1 fully saturated rings. The second-order valence-corrected chi connectivity index (χ2v) is 5.20. The molecule has 1 N–H and O–H groups in total. The maximum atomic E-state index is 4.43. The first-order chi connectivity index (χ1) is 8.70. The molecule has 0 atom stereocenters. The molecule has 3 nitrogen and oxygen atoms in total. The number of hydrogen-bond acceptors (Lipinski definition) is 3. The minimum absolute atomic E-state index is 0.467. The van der Waals surface area contributed by atoms with E-state index in [9.17, 15) is 0 Å². The minimum Gasteiger partial charge on any atom is -0.365 e. The van der Waals surface area contributed by atoms with Crippen molar-refractivity contribution in [2.75, 3.05) is 11.4 Å². The second-order valence-electron chi connectivity index (χ2n) is 5.20. The molecule has 0 unspecified atom stereocenters. The molecule has 0 bridgehead atoms. The zero-order chi connectivity index (χ0) is 13.0. The van der Waals surface area contributed by atoms with E-state index in [2.05, 4.69) is 47.8 Å². The fraction of sp³-hybridized carbons (Fsp3) is 0.533. The van der Waals surface area contributed by atoms with E-state index >= 15 is 0 Å². The quantitative estimate of drug-likeness (QED) is 0.749. The third-order valence-electron chi connectivity index (χ3n) is 3.23. The van der Waals surface area contributed by atoms with Gasteiger partial charge in [0.05, 0.1) is 5.69 Å². The summed E-state index contributed by atoms with van der Waals surface area (Å²) in [7, 11) is 0. The van der Waals surface area contributed by atoms with Crippen LogP contribution in [-0.4, -0.2) is 23.6 Å². The van der Waals surface area contributed by atoms with Crippen molar-refractivity contribution < 1.29 is 0 Å². The molecule has 0 aromatic carbocycles. The van der Waals surface area contributed by atoms with Crippen LogP contribution in [0.15, 0.2) is 31.0 Å². The summed E-state index contributed by atoms with van der Waals surface area (Å²) in [6, 6.07) is 5.45. The Bertz CT molecular complexity index is 396. The van der Waals surface area contributed by atoms with Crippen LogP contribution in [-0.2, 0) is 6.54 Å². The first-order valence-electron chi connectivity index (χ1n) is 6.76. The van der Waals surface area contributed by atoms with E-state index < -0.39 is 0 Å². The highest BCUT2D eigenvalue weighted by molar-refractivity contribution is 5.48. The number of nitrogens with zero attached hydrogens (tertiary/aromatic N) is 2. The van der Waals surface area contributed by atoms with Crippen molar-refractivity contribution in [1.82, 2.24) is 10.3 Å². The molecule has 1 aromatic rings. The van der Waals surface area contributed by atoms with E-state index in [4.69, 9.17) is 0 Å². The SMILES string of the molecule is C=CCN(c1ccnc(CNC2CC2)c1)C(C)C. The summed E-state index contributed by atoms with van der Waals surface area (Å²) in [5.41, 5.74) is 2.35. The number of nitrogens with one attached hydrogen (secondary N) is 1. The lowest BCUT2D eigenvalue weighted by atomic mass is 10.2. The predicted molar refractivity (Wildman–Crippen MR) is 76.8 cm³/mol. The van der Waals surface area contributed by atoms with Crippen LogP contribution in [0, 0.1) is 0 Å². The molecule has 0 spiro atoms. The normalized spacial score (nSPS) is 14.8. The average molecular weight is 245 g/mol. The van der Waals surface area contributed by atoms with Gasteiger partial charge in [-0.15, -0.1) is 6.58 Å². The highest BCUT2D eigenvalue weighted by Crippen LogP contribution is 2.20. The van der Waals surface area contributed by atoms with Gasteiger partial charge in [0.1, 0.15) is 0 Å². The molecule has 1 aromatic heterocycles. The fourth-order valence-electron chi connectivity index (χ4n) is 2.03. The first-order valence-corrected chi connectivity index (χ1v) is 6.76. The van der Waals surface area contributed by atoms with Crippen LogP contribution in [0.25, 0.3) is 0 Å². The Morgan fingerprint density at radius 2 is 2.33 bits per heavy atom. The Hall–Kier alpha value is -1.35. The highest BCUT2D eigenvalue weighted by Gasteiger charge is 2.20. The van der Waals surface area contributed by atoms with Crippen LogP contribution in [0.2, 0.25) is 0 Å². The third-order valence-corrected chi connectivity index (χ3v) is 3.23. The largest absolute Gasteiger partial charge is 0.365 e. The molecule has 0 amide bonds. The Labute approximate surface area is 110 Å². The smallest absolute Gasteiger partial charge is 0.0562 e. The summed E-state index contributed by atoms with van der Waals surface area (Å²) in [4.78, 5) is 6.75. The summed E-state index contributed by atoms with van der Waals surface area (Å²) in [6.07, 6.45) is 6.48. The zero-order valence-corrected chi connectivity index (χ0v) is 11.4. The first kappa shape index (κ1) is 13.1. The molecule has 1 saturated carbocycles. The lowest BCUT2D eigenvalue weighted by Crippen LogP contribution is -2.31. The van der Waals surface area contributed by atoms with Crippen LogP contribution in [0.5, 0.6) is 0 Å². The summed E-state index contributed by atoms with van der Waals surface area (Å²) in [6.45, 7) is 9.98. The van der Waals surface area contributed by atoms with Gasteiger partial charge in [0.2, 0.25) is 0 Å². The molecule has 1 aliphatic carbocycles. The van der Waals surface area contributed by atoms with Crippen molar-refractivity contribution in [3.05, 3.63) is 36.7 Å². The predicted octanol–water partition coefficient (Wildman–Crippen LogP) is 2.73. The van der Waals surface area contributed by atoms with Gasteiger partial charge >= 0.3 is 0 Å². The monoisotopic (exact) mass is 245 g/mol. The number of rotatable bonds is 7. The minimum atomic E-state index is 0.467. The van der Waals surface area contributed by atoms with Gasteiger partial charge in [-0.1, -0.05) is 6.08 Å². The van der Waals surface area contributed by atoms with E-state index in [1.54, 1.807) is 0 Å². The van der Waals surface area contributed by atoms with Gasteiger partial charge in [-0.05, 0) is 38.8 Å². The maximum absolute atomic E-state index is 4.43. The van der Waals surface area contributed by atoms with Crippen LogP contribution in [0.4, 0.5) is 5.69 Å². The van der Waals surface area contributed by atoms with Crippen molar-refractivity contribution >= 4 is 5.69 Å². The lowest BCUT2D eigenvalue weighted by molar-refractivity contribution is 0.671. The van der Waals surface area contributed by atoms with Crippen LogP contribution in [0.1, 0.15) is 32.4 Å². The second kappa shape index (κ2) is 6.01. The molecular weight excluding hydrogens is 222 g/mol. The Kier molecular flexibility index (Phi) is 4.37. The van der Waals surface area contributed by atoms with Crippen molar-refractivity contribution in [3.8, 4) is 0 Å². The molecule has 0 radical (unpaired) electrons. The number of pyridine rings is 1. The number of aromatic nitrogens is 1. The molecule has 1 heterocycles. The fourth-order valence-corrected chi connectivity index (χ4v) is 2.03. The highest BCUT2D eigenvalue weighted by atomic mass is 15.1. The van der Waals surface area contributed by atoms with Gasteiger partial charge in [0, 0.05) is 37.1 Å². The van der Waals surface area contributed by atoms with E-state index in [1.165, 1.54) is 18.5 Å². The molecule has 0 saturated heterocycles. The van der Waals surface area contributed by atoms with Gasteiger partial charge in [-0.3, -0.25) is 4.98 Å². The Balaban J connectivity index is 2.05. The zero-order valence-electron chi connectivity index (χ0n) is 11.4. The van der Waals surface area contributed by atoms with Crippen molar-refractivity contribution in [1.29, 1.82) is 0 Å². The van der Waals surface area contributed by atoms with Gasteiger partial charge in [0.15, 0.2) is 0 Å². The van der Waals surface area contributed by atoms with Crippen LogP contribution < -0.4 is 10.2 Å².